The molecule has 0 aliphatic carbocycles. The number of methoxy groups -OCH3 is 1. The van der Waals surface area contributed by atoms with Gasteiger partial charge >= 0.3 is 0 Å². The number of nitrogens with two attached hydrogens (primary N) is 1. The van der Waals surface area contributed by atoms with E-state index in [4.69, 9.17) is 9.88 Å². The van der Waals surface area contributed by atoms with Gasteiger partial charge in [-0.2, -0.15) is 0 Å². The quantitative estimate of drug-likeness (QED) is 0.716. The fourth-order valence-corrected chi connectivity index (χ4v) is 2.39. The van der Waals surface area contributed by atoms with E-state index in [-0.39, 0.29) is 5.75 Å². The molecule has 0 atom stereocenters. The van der Waals surface area contributed by atoms with Crippen LogP contribution in [0.4, 0.5) is 0 Å². The Morgan fingerprint density at radius 3 is 2.47 bits per heavy atom. The molecule has 0 bridgehead atoms. The molecule has 0 unspecified atom stereocenters. The van der Waals surface area contributed by atoms with Gasteiger partial charge in [-0.1, -0.05) is 0 Å². The molecule has 0 aromatic heterocycles. The van der Waals surface area contributed by atoms with Crippen LogP contribution >= 0.6 is 0 Å². The molecule has 5 nitrogen and oxygen atoms in total. The summed E-state index contributed by atoms with van der Waals surface area (Å²) >= 11 is 0. The molecule has 6 heteroatoms. The Balaban J connectivity index is 2.14. The molecule has 1 saturated heterocycles. The van der Waals surface area contributed by atoms with Crippen LogP contribution in [0.15, 0.2) is 0 Å². The summed E-state index contributed by atoms with van der Waals surface area (Å²) in [6.45, 7) is 2.79. The number of nitrogens with zero attached hydrogens (tertiary/aromatic N) is 1. The normalized spacial score (nSPS) is 20.7. The molecule has 1 rings (SSSR count). The van der Waals surface area contributed by atoms with Gasteiger partial charge in [-0.15, -0.1) is 0 Å². The van der Waals surface area contributed by atoms with Crippen LogP contribution in [0.25, 0.3) is 0 Å². The molecule has 0 radical (unpaired) electrons. The summed E-state index contributed by atoms with van der Waals surface area (Å²) < 4.78 is 26.7. The zero-order valence-electron chi connectivity index (χ0n) is 9.18. The van der Waals surface area contributed by atoms with Crippen LogP contribution in [0.1, 0.15) is 19.3 Å². The Kier molecular flexibility index (Phi) is 4.98. The molecular weight excluding hydrogens is 216 g/mol. The maximum Gasteiger partial charge on any atom is 0.209 e. The van der Waals surface area contributed by atoms with Crippen LogP contribution < -0.4 is 5.14 Å². The standard InChI is InChI=1S/C9H20N2O3S/c1-14-9-3-6-11(7-4-9)5-2-8-15(10,12)13/h9H,2-8H2,1H3,(H2,10,12,13). The topological polar surface area (TPSA) is 72.6 Å². The van der Waals surface area contributed by atoms with E-state index in [9.17, 15) is 8.42 Å². The first kappa shape index (κ1) is 12.9. The largest absolute Gasteiger partial charge is 0.381 e. The number of rotatable bonds is 5. The van der Waals surface area contributed by atoms with Crippen molar-refractivity contribution >= 4 is 10.0 Å². The van der Waals surface area contributed by atoms with E-state index >= 15 is 0 Å². The van der Waals surface area contributed by atoms with E-state index in [1.165, 1.54) is 0 Å². The van der Waals surface area contributed by atoms with E-state index < -0.39 is 10.0 Å². The van der Waals surface area contributed by atoms with E-state index in [2.05, 4.69) is 4.90 Å². The highest BCUT2D eigenvalue weighted by atomic mass is 32.2. The molecule has 2 N–H and O–H groups in total. The summed E-state index contributed by atoms with van der Waals surface area (Å²) in [6.07, 6.45) is 3.06. The fraction of sp³-hybridized carbons (Fsp3) is 1.00. The molecule has 0 saturated carbocycles. The van der Waals surface area contributed by atoms with Crippen molar-refractivity contribution in [3.63, 3.8) is 0 Å². The highest BCUT2D eigenvalue weighted by molar-refractivity contribution is 7.89. The van der Waals surface area contributed by atoms with Gasteiger partial charge in [0.05, 0.1) is 11.9 Å². The van der Waals surface area contributed by atoms with E-state index in [1.54, 1.807) is 7.11 Å². The van der Waals surface area contributed by atoms with Gasteiger partial charge in [-0.05, 0) is 25.8 Å². The second-order valence-electron chi connectivity index (χ2n) is 4.00. The Bertz CT molecular complexity index is 271. The predicted octanol–water partition coefficient (Wildman–Crippen LogP) is -0.224. The van der Waals surface area contributed by atoms with Crippen molar-refractivity contribution in [2.75, 3.05) is 32.5 Å². The first-order chi connectivity index (χ1) is 7.01. The molecular formula is C9H20N2O3S. The second-order valence-corrected chi connectivity index (χ2v) is 5.73. The summed E-state index contributed by atoms with van der Waals surface area (Å²) in [6, 6.07) is 0. The van der Waals surface area contributed by atoms with E-state index in [1.807, 2.05) is 0 Å². The minimum absolute atomic E-state index is 0.0806. The van der Waals surface area contributed by atoms with Crippen LogP contribution in [-0.4, -0.2) is 51.9 Å². The highest BCUT2D eigenvalue weighted by Crippen LogP contribution is 2.12. The number of hydrogen-bond donors (Lipinski definition) is 1. The van der Waals surface area contributed by atoms with Crippen molar-refractivity contribution in [1.82, 2.24) is 4.90 Å². The molecule has 0 spiro atoms. The second kappa shape index (κ2) is 5.79. The Labute approximate surface area is 91.6 Å². The van der Waals surface area contributed by atoms with Gasteiger partial charge in [0.25, 0.3) is 0 Å². The van der Waals surface area contributed by atoms with Gasteiger partial charge < -0.3 is 9.64 Å². The van der Waals surface area contributed by atoms with Crippen molar-refractivity contribution in [2.45, 2.75) is 25.4 Å². The van der Waals surface area contributed by atoms with Gasteiger partial charge in [-0.25, -0.2) is 13.6 Å². The summed E-state index contributed by atoms with van der Waals surface area (Å²) in [5.74, 6) is 0.0806. The third-order valence-corrected chi connectivity index (χ3v) is 3.63. The van der Waals surface area contributed by atoms with Gasteiger partial charge in [0.15, 0.2) is 0 Å². The number of likely N-dealkylation sites (tertiary alicyclic amines) is 1. The SMILES string of the molecule is COC1CCN(CCCS(N)(=O)=O)CC1. The fourth-order valence-electron chi connectivity index (χ4n) is 1.86. The van der Waals surface area contributed by atoms with Gasteiger partial charge in [0, 0.05) is 20.2 Å². The zero-order valence-corrected chi connectivity index (χ0v) is 10.0. The minimum atomic E-state index is -3.29. The number of piperidine rings is 1. The average Bonchev–Trinajstić information content (AvgIpc) is 2.17. The molecule has 1 heterocycles. The summed E-state index contributed by atoms with van der Waals surface area (Å²) in [4.78, 5) is 2.26. The molecule has 1 aliphatic rings. The maximum atomic E-state index is 10.7. The van der Waals surface area contributed by atoms with E-state index in [0.717, 1.165) is 32.5 Å². The third-order valence-electron chi connectivity index (χ3n) is 2.77. The van der Waals surface area contributed by atoms with Crippen molar-refractivity contribution in [3.05, 3.63) is 0 Å². The predicted molar refractivity (Wildman–Crippen MR) is 59.1 cm³/mol. The molecule has 0 amide bonds. The van der Waals surface area contributed by atoms with Gasteiger partial charge in [0.2, 0.25) is 10.0 Å². The lowest BCUT2D eigenvalue weighted by molar-refractivity contribution is 0.0412. The van der Waals surface area contributed by atoms with E-state index in [0.29, 0.717) is 12.5 Å². The number of primary sulfonamides is 1. The highest BCUT2D eigenvalue weighted by Gasteiger charge is 2.18. The monoisotopic (exact) mass is 236 g/mol. The zero-order chi connectivity index (χ0) is 11.3. The first-order valence-corrected chi connectivity index (χ1v) is 6.98. The Morgan fingerprint density at radius 1 is 1.40 bits per heavy atom. The summed E-state index contributed by atoms with van der Waals surface area (Å²) in [7, 11) is -1.55. The van der Waals surface area contributed by atoms with Crippen molar-refractivity contribution in [2.24, 2.45) is 5.14 Å². The molecule has 15 heavy (non-hydrogen) atoms. The maximum absolute atomic E-state index is 10.7. The lowest BCUT2D eigenvalue weighted by atomic mass is 10.1. The summed E-state index contributed by atoms with van der Waals surface area (Å²) in [5.41, 5.74) is 0. The van der Waals surface area contributed by atoms with Crippen LogP contribution in [0.2, 0.25) is 0 Å². The van der Waals surface area contributed by atoms with Gasteiger partial charge in [-0.3, -0.25) is 0 Å². The average molecular weight is 236 g/mol. The minimum Gasteiger partial charge on any atom is -0.381 e. The number of sulfonamides is 1. The Hall–Kier alpha value is -0.170. The van der Waals surface area contributed by atoms with Crippen LogP contribution in [0.3, 0.4) is 0 Å². The molecule has 1 fully saturated rings. The van der Waals surface area contributed by atoms with Crippen LogP contribution in [-0.2, 0) is 14.8 Å². The lowest BCUT2D eigenvalue weighted by Gasteiger charge is -2.30. The Morgan fingerprint density at radius 2 is 2.00 bits per heavy atom. The molecule has 0 aromatic rings. The third kappa shape index (κ3) is 5.46. The number of hydrogen-bond acceptors (Lipinski definition) is 4. The number of ether oxygens (including phenoxy) is 1. The van der Waals surface area contributed by atoms with Crippen LogP contribution in [0, 0.1) is 0 Å². The molecule has 90 valence electrons. The molecule has 0 aromatic carbocycles. The molecule has 1 aliphatic heterocycles. The first-order valence-electron chi connectivity index (χ1n) is 5.27. The van der Waals surface area contributed by atoms with Crippen molar-refractivity contribution in [3.8, 4) is 0 Å². The van der Waals surface area contributed by atoms with Crippen molar-refractivity contribution < 1.29 is 13.2 Å². The summed E-state index contributed by atoms with van der Waals surface area (Å²) in [5, 5.41) is 4.93. The smallest absolute Gasteiger partial charge is 0.209 e. The van der Waals surface area contributed by atoms with Crippen LogP contribution in [0.5, 0.6) is 0 Å². The van der Waals surface area contributed by atoms with Gasteiger partial charge in [0.1, 0.15) is 0 Å². The van der Waals surface area contributed by atoms with Crippen molar-refractivity contribution in [1.29, 1.82) is 0 Å². The lowest BCUT2D eigenvalue weighted by Crippen LogP contribution is -2.37.